The predicted octanol–water partition coefficient (Wildman–Crippen LogP) is 1.31. The Balaban J connectivity index is 0.00000144. The van der Waals surface area contributed by atoms with Crippen molar-refractivity contribution in [2.75, 3.05) is 20.1 Å². The van der Waals surface area contributed by atoms with Crippen molar-refractivity contribution < 1.29 is 0 Å². The van der Waals surface area contributed by atoms with Crippen LogP contribution in [-0.2, 0) is 0 Å². The molecule has 0 aromatic carbocycles. The number of pyridine rings is 1. The third-order valence-electron chi connectivity index (χ3n) is 2.24. The van der Waals surface area contributed by atoms with Gasteiger partial charge in [-0.3, -0.25) is 9.98 Å². The topological polar surface area (TPSA) is 52.9 Å². The van der Waals surface area contributed by atoms with Crippen LogP contribution >= 0.6 is 24.0 Å². The summed E-state index contributed by atoms with van der Waals surface area (Å²) in [6.45, 7) is 1.83. The molecule has 1 aliphatic heterocycles. The van der Waals surface area contributed by atoms with Crippen molar-refractivity contribution >= 4 is 36.2 Å². The lowest BCUT2D eigenvalue weighted by Crippen LogP contribution is -2.39. The highest BCUT2D eigenvalue weighted by molar-refractivity contribution is 14.0. The highest BCUT2D eigenvalue weighted by Crippen LogP contribution is 1.95. The lowest BCUT2D eigenvalue weighted by atomic mass is 10.4. The first-order valence-electron chi connectivity index (χ1n) is 5.33. The van der Waals surface area contributed by atoms with Gasteiger partial charge >= 0.3 is 0 Å². The number of hydrazone groups is 1. The number of rotatable bonds is 2. The predicted molar refractivity (Wildman–Crippen MR) is 79.9 cm³/mol. The summed E-state index contributed by atoms with van der Waals surface area (Å²) >= 11 is 0. The van der Waals surface area contributed by atoms with Gasteiger partial charge in [0.1, 0.15) is 0 Å². The zero-order valence-corrected chi connectivity index (χ0v) is 12.0. The van der Waals surface area contributed by atoms with Gasteiger partial charge in [-0.1, -0.05) is 6.07 Å². The van der Waals surface area contributed by atoms with Crippen molar-refractivity contribution in [2.24, 2.45) is 10.1 Å². The van der Waals surface area contributed by atoms with E-state index in [1.165, 1.54) is 0 Å². The minimum absolute atomic E-state index is 0. The normalized spacial score (nSPS) is 14.8. The summed E-state index contributed by atoms with van der Waals surface area (Å²) in [6.07, 6.45) is 4.55. The molecular formula is C11H16IN5. The summed E-state index contributed by atoms with van der Waals surface area (Å²) in [5.74, 6) is 0.818. The molecule has 0 bridgehead atoms. The van der Waals surface area contributed by atoms with Crippen molar-refractivity contribution in [1.29, 1.82) is 0 Å². The lowest BCUT2D eigenvalue weighted by molar-refractivity contribution is 0.502. The second kappa shape index (κ2) is 7.21. The van der Waals surface area contributed by atoms with Crippen LogP contribution < -0.4 is 5.32 Å². The molecule has 0 radical (unpaired) electrons. The second-order valence-electron chi connectivity index (χ2n) is 3.51. The van der Waals surface area contributed by atoms with Crippen molar-refractivity contribution in [1.82, 2.24) is 15.3 Å². The van der Waals surface area contributed by atoms with E-state index in [0.29, 0.717) is 0 Å². The molecule has 2 heterocycles. The van der Waals surface area contributed by atoms with E-state index >= 15 is 0 Å². The molecule has 0 spiro atoms. The van der Waals surface area contributed by atoms with Gasteiger partial charge in [-0.2, -0.15) is 5.10 Å². The molecule has 0 aliphatic carbocycles. The zero-order valence-electron chi connectivity index (χ0n) is 9.71. The summed E-state index contributed by atoms with van der Waals surface area (Å²) in [4.78, 5) is 8.50. The molecule has 1 aromatic heterocycles. The van der Waals surface area contributed by atoms with Crippen LogP contribution in [0.15, 0.2) is 34.5 Å². The molecule has 0 atom stereocenters. The van der Waals surface area contributed by atoms with Crippen molar-refractivity contribution in [3.05, 3.63) is 30.1 Å². The third-order valence-corrected chi connectivity index (χ3v) is 2.24. The van der Waals surface area contributed by atoms with Crippen molar-refractivity contribution in [2.45, 2.75) is 6.42 Å². The average Bonchev–Trinajstić information content (AvgIpc) is 2.38. The van der Waals surface area contributed by atoms with E-state index in [2.05, 4.69) is 20.4 Å². The Bertz CT molecular complexity index is 390. The average molecular weight is 345 g/mol. The molecular weight excluding hydrogens is 329 g/mol. The van der Waals surface area contributed by atoms with E-state index in [1.807, 2.05) is 25.2 Å². The van der Waals surface area contributed by atoms with Crippen LogP contribution in [0.1, 0.15) is 12.1 Å². The standard InChI is InChI=1S/C11H15N5.HI/c1-16(11-13-7-4-8-14-11)15-9-10-5-2-3-6-12-10;/h2-3,5-6,9H,4,7-8H2,1H3,(H,13,14);1H/b15-9+;. The van der Waals surface area contributed by atoms with Crippen LogP contribution in [0, 0.1) is 0 Å². The maximum atomic E-state index is 4.34. The monoisotopic (exact) mass is 345 g/mol. The fourth-order valence-corrected chi connectivity index (χ4v) is 1.39. The van der Waals surface area contributed by atoms with Crippen LogP contribution in [0.25, 0.3) is 0 Å². The van der Waals surface area contributed by atoms with Gasteiger partial charge in [0.05, 0.1) is 11.9 Å². The van der Waals surface area contributed by atoms with E-state index in [1.54, 1.807) is 17.4 Å². The second-order valence-corrected chi connectivity index (χ2v) is 3.51. The van der Waals surface area contributed by atoms with Gasteiger partial charge in [-0.15, -0.1) is 24.0 Å². The molecule has 0 unspecified atom stereocenters. The quantitative estimate of drug-likeness (QED) is 0.500. The molecule has 0 amide bonds. The Labute approximate surface area is 118 Å². The Morgan fingerprint density at radius 3 is 3.00 bits per heavy atom. The molecule has 17 heavy (non-hydrogen) atoms. The number of hydrogen-bond acceptors (Lipinski definition) is 5. The third kappa shape index (κ3) is 4.29. The zero-order chi connectivity index (χ0) is 11.2. The highest BCUT2D eigenvalue weighted by atomic mass is 127. The molecule has 92 valence electrons. The molecule has 0 saturated heterocycles. The van der Waals surface area contributed by atoms with Crippen LogP contribution in [0.4, 0.5) is 0 Å². The fraction of sp³-hybridized carbons (Fsp3) is 0.364. The van der Waals surface area contributed by atoms with E-state index < -0.39 is 0 Å². The van der Waals surface area contributed by atoms with Crippen molar-refractivity contribution in [3.8, 4) is 0 Å². The highest BCUT2D eigenvalue weighted by Gasteiger charge is 2.07. The van der Waals surface area contributed by atoms with Gasteiger partial charge in [-0.05, 0) is 18.6 Å². The first-order valence-corrected chi connectivity index (χ1v) is 5.33. The van der Waals surface area contributed by atoms with Gasteiger partial charge in [-0.25, -0.2) is 5.01 Å². The molecule has 0 fully saturated rings. The van der Waals surface area contributed by atoms with Gasteiger partial charge in [0, 0.05) is 26.3 Å². The number of aromatic nitrogens is 1. The number of hydrogen-bond donors (Lipinski definition) is 1. The van der Waals surface area contributed by atoms with Crippen LogP contribution in [0.2, 0.25) is 0 Å². The molecule has 0 saturated carbocycles. The number of aliphatic imine (C=N–C) groups is 1. The first-order chi connectivity index (χ1) is 7.86. The maximum Gasteiger partial charge on any atom is 0.214 e. The molecule has 1 aliphatic rings. The van der Waals surface area contributed by atoms with Gasteiger partial charge < -0.3 is 5.32 Å². The lowest BCUT2D eigenvalue weighted by Gasteiger charge is -2.20. The largest absolute Gasteiger partial charge is 0.355 e. The summed E-state index contributed by atoms with van der Waals surface area (Å²) in [5, 5.41) is 9.20. The fourth-order valence-electron chi connectivity index (χ4n) is 1.39. The smallest absolute Gasteiger partial charge is 0.214 e. The molecule has 5 nitrogen and oxygen atoms in total. The SMILES string of the molecule is CN(/N=C/c1ccccn1)C1=NCCCN1.I. The number of nitrogens with one attached hydrogen (secondary N) is 1. The van der Waals surface area contributed by atoms with E-state index in [-0.39, 0.29) is 24.0 Å². The summed E-state index contributed by atoms with van der Waals surface area (Å²) < 4.78 is 0. The van der Waals surface area contributed by atoms with Crippen molar-refractivity contribution in [3.63, 3.8) is 0 Å². The van der Waals surface area contributed by atoms with Gasteiger partial charge in [0.2, 0.25) is 5.96 Å². The van der Waals surface area contributed by atoms with Crippen LogP contribution in [0.3, 0.4) is 0 Å². The van der Waals surface area contributed by atoms with E-state index in [9.17, 15) is 0 Å². The number of nitrogens with zero attached hydrogens (tertiary/aromatic N) is 4. The number of guanidine groups is 1. The summed E-state index contributed by atoms with van der Waals surface area (Å²) in [5.41, 5.74) is 0.839. The molecule has 1 aromatic rings. The Morgan fingerprint density at radius 1 is 1.47 bits per heavy atom. The van der Waals surface area contributed by atoms with Gasteiger partial charge in [0.15, 0.2) is 0 Å². The summed E-state index contributed by atoms with van der Waals surface area (Å²) in [7, 11) is 1.87. The molecule has 6 heteroatoms. The Hall–Kier alpha value is -1.18. The Morgan fingerprint density at radius 2 is 2.35 bits per heavy atom. The minimum Gasteiger partial charge on any atom is -0.355 e. The maximum absolute atomic E-state index is 4.34. The summed E-state index contributed by atoms with van der Waals surface area (Å²) in [6, 6.07) is 5.73. The Kier molecular flexibility index (Phi) is 5.88. The first kappa shape index (κ1) is 13.9. The minimum atomic E-state index is 0. The molecule has 1 N–H and O–H groups in total. The number of halogens is 1. The van der Waals surface area contributed by atoms with E-state index in [0.717, 1.165) is 31.2 Å². The molecule has 2 rings (SSSR count). The van der Waals surface area contributed by atoms with E-state index in [4.69, 9.17) is 0 Å². The van der Waals surface area contributed by atoms with Gasteiger partial charge in [0.25, 0.3) is 0 Å². The van der Waals surface area contributed by atoms with Crippen LogP contribution in [0.5, 0.6) is 0 Å². The van der Waals surface area contributed by atoms with Crippen LogP contribution in [-0.4, -0.2) is 42.3 Å².